The Morgan fingerprint density at radius 2 is 1.65 bits per heavy atom. The summed E-state index contributed by atoms with van der Waals surface area (Å²) in [7, 11) is 0. The highest BCUT2D eigenvalue weighted by atomic mass is 35.5. The van der Waals surface area contributed by atoms with Crippen molar-refractivity contribution in [1.29, 1.82) is 0 Å². The van der Waals surface area contributed by atoms with E-state index in [1.165, 1.54) is 0 Å². The molecule has 0 saturated heterocycles. The van der Waals surface area contributed by atoms with Gasteiger partial charge in [-0.1, -0.05) is 60.1 Å². The van der Waals surface area contributed by atoms with Crippen LogP contribution in [0.4, 0.5) is 0 Å². The van der Waals surface area contributed by atoms with Crippen molar-refractivity contribution in [3.63, 3.8) is 0 Å². The molecule has 4 heteroatoms. The molecule has 3 rings (SSSR count). The van der Waals surface area contributed by atoms with E-state index >= 15 is 0 Å². The third-order valence-corrected chi connectivity index (χ3v) is 3.57. The van der Waals surface area contributed by atoms with Crippen molar-refractivity contribution in [2.24, 2.45) is 0 Å². The zero-order valence-electron chi connectivity index (χ0n) is 10.6. The molecule has 0 aliphatic heterocycles. The van der Waals surface area contributed by atoms with E-state index < -0.39 is 6.10 Å². The average Bonchev–Trinajstić information content (AvgIpc) is 2.97. The highest BCUT2D eigenvalue weighted by molar-refractivity contribution is 6.31. The first-order valence-corrected chi connectivity index (χ1v) is 6.66. The van der Waals surface area contributed by atoms with Gasteiger partial charge < -0.3 is 5.11 Å². The largest absolute Gasteiger partial charge is 0.383 e. The van der Waals surface area contributed by atoms with Gasteiger partial charge in [0.05, 0.1) is 11.9 Å². The lowest BCUT2D eigenvalue weighted by Crippen LogP contribution is -2.01. The second kappa shape index (κ2) is 5.49. The number of hydrogen-bond donors (Lipinski definition) is 2. The van der Waals surface area contributed by atoms with Crippen LogP contribution in [-0.4, -0.2) is 15.3 Å². The number of hydrogen-bond acceptors (Lipinski definition) is 2. The fraction of sp³-hybridized carbons (Fsp3) is 0.0625. The first kappa shape index (κ1) is 12.9. The summed E-state index contributed by atoms with van der Waals surface area (Å²) in [6, 6.07) is 17.1. The molecule has 1 heterocycles. The van der Waals surface area contributed by atoms with Gasteiger partial charge in [0.1, 0.15) is 6.10 Å². The topological polar surface area (TPSA) is 48.9 Å². The van der Waals surface area contributed by atoms with Crippen LogP contribution < -0.4 is 0 Å². The van der Waals surface area contributed by atoms with Crippen molar-refractivity contribution >= 4 is 11.6 Å². The molecule has 20 heavy (non-hydrogen) atoms. The number of aliphatic hydroxyl groups excluding tert-OH is 1. The van der Waals surface area contributed by atoms with Crippen LogP contribution in [0.15, 0.2) is 60.8 Å². The zero-order valence-corrected chi connectivity index (χ0v) is 11.4. The summed E-state index contributed by atoms with van der Waals surface area (Å²) in [6.07, 6.45) is 0.828. The lowest BCUT2D eigenvalue weighted by atomic mass is 9.99. The molecule has 0 saturated carbocycles. The molecule has 2 N–H and O–H groups in total. The van der Waals surface area contributed by atoms with E-state index in [0.717, 1.165) is 11.3 Å². The number of nitrogens with zero attached hydrogens (tertiary/aromatic N) is 1. The summed E-state index contributed by atoms with van der Waals surface area (Å²) < 4.78 is 0. The molecule has 1 atom stereocenters. The Kier molecular flexibility index (Phi) is 3.54. The van der Waals surface area contributed by atoms with Crippen LogP contribution in [0.2, 0.25) is 5.02 Å². The number of halogens is 1. The van der Waals surface area contributed by atoms with Gasteiger partial charge in [-0.25, -0.2) is 0 Å². The minimum absolute atomic E-state index is 0.542. The van der Waals surface area contributed by atoms with Crippen molar-refractivity contribution in [2.45, 2.75) is 6.10 Å². The number of nitrogens with one attached hydrogen (secondary N) is 1. The lowest BCUT2D eigenvalue weighted by molar-refractivity contribution is 0.221. The second-order valence-corrected chi connectivity index (χ2v) is 4.90. The maximum Gasteiger partial charge on any atom is 0.109 e. The van der Waals surface area contributed by atoms with Gasteiger partial charge in [-0.05, 0) is 11.6 Å². The van der Waals surface area contributed by atoms with E-state index in [4.69, 9.17) is 11.6 Å². The molecular formula is C16H13ClN2O. The van der Waals surface area contributed by atoms with Crippen LogP contribution in [0.3, 0.4) is 0 Å². The summed E-state index contributed by atoms with van der Waals surface area (Å²) in [5.41, 5.74) is 3.17. The first-order chi connectivity index (χ1) is 9.77. The van der Waals surface area contributed by atoms with Crippen LogP contribution in [0.5, 0.6) is 0 Å². The molecule has 0 aliphatic rings. The van der Waals surface area contributed by atoms with Crippen molar-refractivity contribution in [3.05, 3.63) is 76.9 Å². The van der Waals surface area contributed by atoms with Crippen molar-refractivity contribution in [1.82, 2.24) is 10.2 Å². The van der Waals surface area contributed by atoms with E-state index in [0.29, 0.717) is 16.1 Å². The van der Waals surface area contributed by atoms with Crippen LogP contribution in [0, 0.1) is 0 Å². The first-order valence-electron chi connectivity index (χ1n) is 6.28. The monoisotopic (exact) mass is 284 g/mol. The summed E-state index contributed by atoms with van der Waals surface area (Å²) in [5, 5.41) is 18.1. The van der Waals surface area contributed by atoms with Crippen LogP contribution >= 0.6 is 11.6 Å². The predicted molar refractivity (Wildman–Crippen MR) is 79.5 cm³/mol. The van der Waals surface area contributed by atoms with Gasteiger partial charge in [-0.15, -0.1) is 0 Å². The molecule has 2 aromatic carbocycles. The van der Waals surface area contributed by atoms with Crippen LogP contribution in [-0.2, 0) is 0 Å². The van der Waals surface area contributed by atoms with E-state index in [-0.39, 0.29) is 0 Å². The number of benzene rings is 2. The summed E-state index contributed by atoms with van der Waals surface area (Å²) in [4.78, 5) is 0. The molecule has 3 aromatic rings. The number of rotatable bonds is 3. The minimum atomic E-state index is -0.808. The van der Waals surface area contributed by atoms with Gasteiger partial charge in [0, 0.05) is 16.1 Å². The maximum atomic E-state index is 10.6. The van der Waals surface area contributed by atoms with E-state index in [9.17, 15) is 5.11 Å². The van der Waals surface area contributed by atoms with Gasteiger partial charge in [0.2, 0.25) is 0 Å². The summed E-state index contributed by atoms with van der Waals surface area (Å²) >= 11 is 6.14. The summed E-state index contributed by atoms with van der Waals surface area (Å²) in [5.74, 6) is 0. The maximum absolute atomic E-state index is 10.6. The summed E-state index contributed by atoms with van der Waals surface area (Å²) in [6.45, 7) is 0. The Morgan fingerprint density at radius 3 is 2.40 bits per heavy atom. The van der Waals surface area contributed by atoms with Crippen LogP contribution in [0.1, 0.15) is 17.2 Å². The fourth-order valence-electron chi connectivity index (χ4n) is 2.20. The second-order valence-electron chi connectivity index (χ2n) is 4.49. The molecule has 0 fully saturated rings. The molecule has 100 valence electrons. The predicted octanol–water partition coefficient (Wildman–Crippen LogP) is 3.81. The average molecular weight is 285 g/mol. The van der Waals surface area contributed by atoms with E-state index in [1.54, 1.807) is 12.3 Å². The Hall–Kier alpha value is -2.10. The van der Waals surface area contributed by atoms with Crippen molar-refractivity contribution in [3.8, 4) is 11.3 Å². The van der Waals surface area contributed by atoms with Gasteiger partial charge in [-0.2, -0.15) is 5.10 Å². The molecule has 0 spiro atoms. The van der Waals surface area contributed by atoms with E-state index in [1.807, 2.05) is 48.5 Å². The Balaban J connectivity index is 2.04. The van der Waals surface area contributed by atoms with Gasteiger partial charge in [0.25, 0.3) is 0 Å². The molecule has 1 aromatic heterocycles. The van der Waals surface area contributed by atoms with Crippen molar-refractivity contribution in [2.75, 3.05) is 0 Å². The molecule has 0 amide bonds. The Bertz CT molecular complexity index is 709. The standard InChI is InChI=1S/C16H13ClN2O/c17-14-9-5-4-8-12(14)16(20)13-10-18-19-15(13)11-6-2-1-3-7-11/h1-10,16,20H,(H,18,19). The van der Waals surface area contributed by atoms with Crippen molar-refractivity contribution < 1.29 is 5.11 Å². The SMILES string of the molecule is OC(c1ccccc1Cl)c1cn[nH]c1-c1ccccc1. The lowest BCUT2D eigenvalue weighted by Gasteiger charge is -2.13. The smallest absolute Gasteiger partial charge is 0.109 e. The van der Waals surface area contributed by atoms with E-state index in [2.05, 4.69) is 10.2 Å². The highest BCUT2D eigenvalue weighted by Gasteiger charge is 2.19. The highest BCUT2D eigenvalue weighted by Crippen LogP contribution is 2.33. The molecule has 0 bridgehead atoms. The third-order valence-electron chi connectivity index (χ3n) is 3.23. The minimum Gasteiger partial charge on any atom is -0.383 e. The van der Waals surface area contributed by atoms with Gasteiger partial charge in [0.15, 0.2) is 0 Å². The Morgan fingerprint density at radius 1 is 0.950 bits per heavy atom. The van der Waals surface area contributed by atoms with Gasteiger partial charge in [-0.3, -0.25) is 5.10 Å². The number of aliphatic hydroxyl groups is 1. The number of H-pyrrole nitrogens is 1. The molecule has 1 unspecified atom stereocenters. The molecular weight excluding hydrogens is 272 g/mol. The normalized spacial score (nSPS) is 12.3. The quantitative estimate of drug-likeness (QED) is 0.768. The molecule has 0 radical (unpaired) electrons. The molecule has 3 nitrogen and oxygen atoms in total. The Labute approximate surface area is 121 Å². The zero-order chi connectivity index (χ0) is 13.9. The van der Waals surface area contributed by atoms with Crippen LogP contribution in [0.25, 0.3) is 11.3 Å². The fourth-order valence-corrected chi connectivity index (χ4v) is 2.44. The number of aromatic nitrogens is 2. The molecule has 0 aliphatic carbocycles. The third kappa shape index (κ3) is 2.33. The van der Waals surface area contributed by atoms with Gasteiger partial charge >= 0.3 is 0 Å². The number of aromatic amines is 1.